The van der Waals surface area contributed by atoms with Gasteiger partial charge in [-0.1, -0.05) is 5.92 Å². The number of terminal acetylenes is 1. The minimum Gasteiger partial charge on any atom is -0.480 e. The molecule has 1 fully saturated rings. The number of rotatable bonds is 5. The van der Waals surface area contributed by atoms with Gasteiger partial charge in [-0.05, 0) is 26.4 Å². The number of carbonyl (C=O) groups is 2. The van der Waals surface area contributed by atoms with Crippen molar-refractivity contribution in [2.24, 2.45) is 0 Å². The van der Waals surface area contributed by atoms with E-state index in [9.17, 15) is 9.59 Å². The van der Waals surface area contributed by atoms with Gasteiger partial charge in [0.1, 0.15) is 6.54 Å². The summed E-state index contributed by atoms with van der Waals surface area (Å²) in [6, 6.07) is -0.0953. The second-order valence-corrected chi connectivity index (χ2v) is 4.42. The topological polar surface area (TPSA) is 72.9 Å². The number of nitrogens with one attached hydrogen (secondary N) is 1. The maximum absolute atomic E-state index is 11.8. The number of likely N-dealkylation sites (tertiary alicyclic amines) is 1. The lowest BCUT2D eigenvalue weighted by molar-refractivity contribution is -0.137. The first-order chi connectivity index (χ1) is 8.54. The summed E-state index contributed by atoms with van der Waals surface area (Å²) < 4.78 is 0. The number of aliphatic carboxylic acids is 1. The van der Waals surface area contributed by atoms with Crippen LogP contribution in [-0.4, -0.2) is 66.2 Å². The second-order valence-electron chi connectivity index (χ2n) is 4.42. The zero-order valence-electron chi connectivity index (χ0n) is 10.6. The number of carboxylic acid groups (broad SMARTS) is 1. The summed E-state index contributed by atoms with van der Waals surface area (Å²) in [5, 5.41) is 11.4. The first-order valence-electron chi connectivity index (χ1n) is 5.93. The van der Waals surface area contributed by atoms with E-state index >= 15 is 0 Å². The number of carboxylic acids is 1. The van der Waals surface area contributed by atoms with Crippen molar-refractivity contribution in [2.75, 3.05) is 33.2 Å². The predicted molar refractivity (Wildman–Crippen MR) is 67.1 cm³/mol. The molecule has 2 N–H and O–H groups in total. The van der Waals surface area contributed by atoms with Crippen molar-refractivity contribution in [3.8, 4) is 12.3 Å². The van der Waals surface area contributed by atoms with Gasteiger partial charge < -0.3 is 20.2 Å². The molecule has 0 aliphatic carbocycles. The van der Waals surface area contributed by atoms with Gasteiger partial charge in [-0.3, -0.25) is 4.79 Å². The number of urea groups is 1. The average molecular weight is 253 g/mol. The normalized spacial score (nSPS) is 19.2. The molecular weight excluding hydrogens is 234 g/mol. The second kappa shape index (κ2) is 6.87. The zero-order valence-corrected chi connectivity index (χ0v) is 10.6. The lowest BCUT2D eigenvalue weighted by Gasteiger charge is -2.23. The highest BCUT2D eigenvalue weighted by Gasteiger charge is 2.22. The fraction of sp³-hybridized carbons (Fsp3) is 0.667. The predicted octanol–water partition coefficient (Wildman–Crippen LogP) is -0.190. The quantitative estimate of drug-likeness (QED) is 0.666. The lowest BCUT2D eigenvalue weighted by atomic mass is 10.2. The van der Waals surface area contributed by atoms with Crippen LogP contribution >= 0.6 is 0 Å². The van der Waals surface area contributed by atoms with Crippen LogP contribution in [0.3, 0.4) is 0 Å². The Morgan fingerprint density at radius 1 is 1.61 bits per heavy atom. The van der Waals surface area contributed by atoms with Crippen molar-refractivity contribution in [3.63, 3.8) is 0 Å². The Bertz CT molecular complexity index is 351. The average Bonchev–Trinajstić information content (AvgIpc) is 2.70. The Labute approximate surface area is 107 Å². The molecule has 0 radical (unpaired) electrons. The van der Waals surface area contributed by atoms with Gasteiger partial charge in [0.2, 0.25) is 0 Å². The van der Waals surface area contributed by atoms with Gasteiger partial charge in [0.05, 0.1) is 6.54 Å². The fourth-order valence-electron chi connectivity index (χ4n) is 2.03. The molecule has 0 bridgehead atoms. The summed E-state index contributed by atoms with van der Waals surface area (Å²) >= 11 is 0. The maximum Gasteiger partial charge on any atom is 0.323 e. The highest BCUT2D eigenvalue weighted by atomic mass is 16.4. The summed E-state index contributed by atoms with van der Waals surface area (Å²) in [6.45, 7) is 1.18. The monoisotopic (exact) mass is 253 g/mol. The van der Waals surface area contributed by atoms with Crippen molar-refractivity contribution < 1.29 is 14.7 Å². The molecule has 100 valence electrons. The first-order valence-corrected chi connectivity index (χ1v) is 5.93. The van der Waals surface area contributed by atoms with Crippen LogP contribution in [0.5, 0.6) is 0 Å². The Balaban J connectivity index is 2.41. The molecule has 1 atom stereocenters. The number of carbonyl (C=O) groups excluding carboxylic acids is 1. The highest BCUT2D eigenvalue weighted by molar-refractivity contribution is 5.80. The fourth-order valence-corrected chi connectivity index (χ4v) is 2.03. The number of nitrogens with zero attached hydrogens (tertiary/aromatic N) is 2. The standard InChI is InChI=1S/C12H19N3O3/c1-3-6-15(9-11(16)17)12(18)13-8-10-5-4-7-14(10)2/h1,10H,4-9H2,2H3,(H,13,18)(H,16,17). The van der Waals surface area contributed by atoms with Crippen molar-refractivity contribution in [3.05, 3.63) is 0 Å². The summed E-state index contributed by atoms with van der Waals surface area (Å²) in [5.74, 6) is 1.21. The van der Waals surface area contributed by atoms with Gasteiger partial charge in [-0.25, -0.2) is 4.79 Å². The van der Waals surface area contributed by atoms with E-state index in [0.717, 1.165) is 24.3 Å². The molecule has 1 unspecified atom stereocenters. The van der Waals surface area contributed by atoms with Crippen LogP contribution in [0, 0.1) is 12.3 Å². The van der Waals surface area contributed by atoms with E-state index in [-0.39, 0.29) is 13.1 Å². The van der Waals surface area contributed by atoms with E-state index in [1.165, 1.54) is 0 Å². The molecule has 6 nitrogen and oxygen atoms in total. The zero-order chi connectivity index (χ0) is 13.5. The van der Waals surface area contributed by atoms with Crippen LogP contribution in [-0.2, 0) is 4.79 Å². The van der Waals surface area contributed by atoms with Crippen molar-refractivity contribution >= 4 is 12.0 Å². The smallest absolute Gasteiger partial charge is 0.323 e. The summed E-state index contributed by atoms with van der Waals surface area (Å²) in [4.78, 5) is 25.7. The Morgan fingerprint density at radius 3 is 2.83 bits per heavy atom. The van der Waals surface area contributed by atoms with Gasteiger partial charge in [0.25, 0.3) is 0 Å². The molecule has 18 heavy (non-hydrogen) atoms. The molecule has 0 aromatic carbocycles. The van der Waals surface area contributed by atoms with Gasteiger partial charge in [-0.15, -0.1) is 6.42 Å². The number of hydrogen-bond acceptors (Lipinski definition) is 3. The summed E-state index contributed by atoms with van der Waals surface area (Å²) in [7, 11) is 2.01. The molecule has 0 saturated carbocycles. The van der Waals surface area contributed by atoms with E-state index in [2.05, 4.69) is 16.1 Å². The highest BCUT2D eigenvalue weighted by Crippen LogP contribution is 2.13. The molecule has 0 aromatic heterocycles. The van der Waals surface area contributed by atoms with Crippen LogP contribution < -0.4 is 5.32 Å². The molecule has 1 aliphatic heterocycles. The Hall–Kier alpha value is -1.74. The minimum atomic E-state index is -1.07. The van der Waals surface area contributed by atoms with Crippen molar-refractivity contribution in [2.45, 2.75) is 18.9 Å². The third kappa shape index (κ3) is 4.26. The van der Waals surface area contributed by atoms with Crippen LogP contribution in [0.2, 0.25) is 0 Å². The number of amides is 2. The van der Waals surface area contributed by atoms with Gasteiger partial charge in [0.15, 0.2) is 0 Å². The van der Waals surface area contributed by atoms with Crippen LogP contribution in [0.1, 0.15) is 12.8 Å². The molecular formula is C12H19N3O3. The van der Waals surface area contributed by atoms with E-state index in [4.69, 9.17) is 11.5 Å². The third-order valence-electron chi connectivity index (χ3n) is 3.06. The molecule has 0 aromatic rings. The van der Waals surface area contributed by atoms with Gasteiger partial charge in [0, 0.05) is 12.6 Å². The molecule has 6 heteroatoms. The van der Waals surface area contributed by atoms with E-state index in [1.807, 2.05) is 7.05 Å². The van der Waals surface area contributed by atoms with Crippen molar-refractivity contribution in [1.29, 1.82) is 0 Å². The van der Waals surface area contributed by atoms with Crippen LogP contribution in [0.15, 0.2) is 0 Å². The molecule has 1 aliphatic rings. The lowest BCUT2D eigenvalue weighted by Crippen LogP contribution is -2.46. The summed E-state index contributed by atoms with van der Waals surface area (Å²) in [5.41, 5.74) is 0. The van der Waals surface area contributed by atoms with Crippen molar-refractivity contribution in [1.82, 2.24) is 15.1 Å². The first kappa shape index (κ1) is 14.3. The van der Waals surface area contributed by atoms with Gasteiger partial charge in [-0.2, -0.15) is 0 Å². The van der Waals surface area contributed by atoms with E-state index in [1.54, 1.807) is 0 Å². The SMILES string of the molecule is C#CCN(CC(=O)O)C(=O)NCC1CCCN1C. The maximum atomic E-state index is 11.8. The molecule has 2 amide bonds. The largest absolute Gasteiger partial charge is 0.480 e. The van der Waals surface area contributed by atoms with Crippen LogP contribution in [0.4, 0.5) is 4.79 Å². The molecule has 1 heterocycles. The van der Waals surface area contributed by atoms with Crippen LogP contribution in [0.25, 0.3) is 0 Å². The number of hydrogen-bond donors (Lipinski definition) is 2. The summed E-state index contributed by atoms with van der Waals surface area (Å²) in [6.07, 6.45) is 7.28. The van der Waals surface area contributed by atoms with E-state index in [0.29, 0.717) is 12.6 Å². The Morgan fingerprint density at radius 2 is 2.33 bits per heavy atom. The minimum absolute atomic E-state index is 0.00135. The number of likely N-dealkylation sites (N-methyl/N-ethyl adjacent to an activating group) is 1. The molecule has 1 rings (SSSR count). The van der Waals surface area contributed by atoms with Gasteiger partial charge >= 0.3 is 12.0 Å². The van der Waals surface area contributed by atoms with E-state index < -0.39 is 12.0 Å². The third-order valence-corrected chi connectivity index (χ3v) is 3.06. The molecule has 1 saturated heterocycles. The Kier molecular flexibility index (Phi) is 5.46. The molecule has 0 spiro atoms.